The number of hydrogen-bond donors (Lipinski definition) is 2. The van der Waals surface area contributed by atoms with Crippen LogP contribution in [0.2, 0.25) is 0 Å². The summed E-state index contributed by atoms with van der Waals surface area (Å²) >= 11 is 3.42. The van der Waals surface area contributed by atoms with E-state index in [4.69, 9.17) is 4.42 Å². The summed E-state index contributed by atoms with van der Waals surface area (Å²) in [6.45, 7) is 2.03. The van der Waals surface area contributed by atoms with Gasteiger partial charge in [0.15, 0.2) is 0 Å². The van der Waals surface area contributed by atoms with Crippen LogP contribution in [-0.2, 0) is 0 Å². The Bertz CT molecular complexity index is 467. The summed E-state index contributed by atoms with van der Waals surface area (Å²) in [7, 11) is 0. The first-order valence-electron chi connectivity index (χ1n) is 5.86. The van der Waals surface area contributed by atoms with Gasteiger partial charge in [-0.25, -0.2) is 0 Å². The van der Waals surface area contributed by atoms with Crippen molar-refractivity contribution < 1.29 is 9.52 Å². The van der Waals surface area contributed by atoms with Crippen molar-refractivity contribution in [3.8, 4) is 0 Å². The van der Waals surface area contributed by atoms with E-state index in [9.17, 15) is 5.11 Å². The molecule has 0 saturated heterocycles. The van der Waals surface area contributed by atoms with Crippen LogP contribution in [0.25, 0.3) is 0 Å². The average molecular weight is 310 g/mol. The van der Waals surface area contributed by atoms with Crippen LogP contribution in [0.4, 0.5) is 0 Å². The minimum atomic E-state index is -0.0461. The number of rotatable bonds is 5. The van der Waals surface area contributed by atoms with Gasteiger partial charge in [-0.05, 0) is 36.8 Å². The van der Waals surface area contributed by atoms with Crippen LogP contribution >= 0.6 is 15.9 Å². The summed E-state index contributed by atoms with van der Waals surface area (Å²) in [5.41, 5.74) is 1.11. The fourth-order valence-electron chi connectivity index (χ4n) is 1.79. The van der Waals surface area contributed by atoms with E-state index in [1.807, 2.05) is 43.3 Å². The van der Waals surface area contributed by atoms with Crippen molar-refractivity contribution in [2.75, 3.05) is 6.61 Å². The van der Waals surface area contributed by atoms with Crippen molar-refractivity contribution in [2.24, 2.45) is 0 Å². The van der Waals surface area contributed by atoms with Crippen molar-refractivity contribution >= 4 is 15.9 Å². The molecule has 0 amide bonds. The van der Waals surface area contributed by atoms with Crippen LogP contribution in [0.3, 0.4) is 0 Å². The van der Waals surface area contributed by atoms with E-state index < -0.39 is 0 Å². The maximum atomic E-state index is 9.17. The van der Waals surface area contributed by atoms with Crippen LogP contribution in [-0.4, -0.2) is 17.8 Å². The number of aliphatic hydroxyl groups excluding tert-OH is 1. The van der Waals surface area contributed by atoms with E-state index in [2.05, 4.69) is 21.2 Å². The maximum Gasteiger partial charge on any atom is 0.125 e. The number of halogens is 1. The molecular weight excluding hydrogens is 294 g/mol. The summed E-state index contributed by atoms with van der Waals surface area (Å²) in [6, 6.07) is 11.8. The molecule has 0 aliphatic heterocycles. The molecule has 0 aliphatic carbocycles. The molecule has 4 heteroatoms. The molecule has 18 heavy (non-hydrogen) atoms. The highest BCUT2D eigenvalue weighted by Crippen LogP contribution is 2.24. The SMILES string of the molecule is CC(CO)NC(c1ccc(Br)cc1)c1ccco1. The van der Waals surface area contributed by atoms with Gasteiger partial charge in [-0.1, -0.05) is 28.1 Å². The minimum absolute atomic E-state index is 0.00347. The van der Waals surface area contributed by atoms with Crippen molar-refractivity contribution in [1.29, 1.82) is 0 Å². The molecule has 2 atom stereocenters. The lowest BCUT2D eigenvalue weighted by molar-refractivity contribution is 0.241. The van der Waals surface area contributed by atoms with Crippen LogP contribution in [0.15, 0.2) is 51.6 Å². The molecule has 0 aliphatic rings. The summed E-state index contributed by atoms with van der Waals surface area (Å²) in [5, 5.41) is 12.5. The first kappa shape index (κ1) is 13.3. The second-order valence-corrected chi connectivity index (χ2v) is 5.17. The topological polar surface area (TPSA) is 45.4 Å². The van der Waals surface area contributed by atoms with Gasteiger partial charge in [-0.3, -0.25) is 5.32 Å². The standard InChI is InChI=1S/C14H16BrNO2/c1-10(9-17)16-14(13-3-2-8-18-13)11-4-6-12(15)7-5-11/h2-8,10,14,16-17H,9H2,1H3. The number of benzene rings is 1. The minimum Gasteiger partial charge on any atom is -0.467 e. The lowest BCUT2D eigenvalue weighted by Gasteiger charge is -2.21. The predicted molar refractivity (Wildman–Crippen MR) is 74.4 cm³/mol. The highest BCUT2D eigenvalue weighted by atomic mass is 79.9. The fourth-order valence-corrected chi connectivity index (χ4v) is 2.05. The van der Waals surface area contributed by atoms with Crippen molar-refractivity contribution in [2.45, 2.75) is 19.0 Å². The summed E-state index contributed by atoms with van der Waals surface area (Å²) in [5.74, 6) is 0.845. The fraction of sp³-hybridized carbons (Fsp3) is 0.286. The summed E-state index contributed by atoms with van der Waals surface area (Å²) in [4.78, 5) is 0. The van der Waals surface area contributed by atoms with E-state index in [1.165, 1.54) is 0 Å². The third-order valence-corrected chi connectivity index (χ3v) is 3.28. The van der Waals surface area contributed by atoms with Gasteiger partial charge in [-0.2, -0.15) is 0 Å². The highest BCUT2D eigenvalue weighted by Gasteiger charge is 2.18. The molecule has 0 bridgehead atoms. The number of aliphatic hydroxyl groups is 1. The molecule has 0 saturated carbocycles. The van der Waals surface area contributed by atoms with Crippen molar-refractivity contribution in [1.82, 2.24) is 5.32 Å². The van der Waals surface area contributed by atoms with Gasteiger partial charge in [0.25, 0.3) is 0 Å². The molecule has 2 aromatic rings. The maximum absolute atomic E-state index is 9.17. The largest absolute Gasteiger partial charge is 0.467 e. The molecule has 96 valence electrons. The molecule has 3 nitrogen and oxygen atoms in total. The van der Waals surface area contributed by atoms with Gasteiger partial charge in [-0.15, -0.1) is 0 Å². The second kappa shape index (κ2) is 6.18. The van der Waals surface area contributed by atoms with Crippen molar-refractivity contribution in [3.05, 3.63) is 58.5 Å². The van der Waals surface area contributed by atoms with Gasteiger partial charge < -0.3 is 9.52 Å². The van der Waals surface area contributed by atoms with Gasteiger partial charge >= 0.3 is 0 Å². The first-order chi connectivity index (χ1) is 8.70. The quantitative estimate of drug-likeness (QED) is 0.892. The molecule has 1 heterocycles. The van der Waals surface area contributed by atoms with Crippen LogP contribution in [0, 0.1) is 0 Å². The highest BCUT2D eigenvalue weighted by molar-refractivity contribution is 9.10. The molecule has 1 aromatic heterocycles. The predicted octanol–water partition coefficient (Wildman–Crippen LogP) is 3.10. The third kappa shape index (κ3) is 3.22. The molecule has 2 N–H and O–H groups in total. The zero-order chi connectivity index (χ0) is 13.0. The monoisotopic (exact) mass is 309 g/mol. The van der Waals surface area contributed by atoms with Gasteiger partial charge in [0, 0.05) is 10.5 Å². The number of hydrogen-bond acceptors (Lipinski definition) is 3. The zero-order valence-electron chi connectivity index (χ0n) is 10.1. The van der Waals surface area contributed by atoms with Gasteiger partial charge in [0.1, 0.15) is 5.76 Å². The Morgan fingerprint density at radius 2 is 2.00 bits per heavy atom. The molecule has 2 unspecified atom stereocenters. The first-order valence-corrected chi connectivity index (χ1v) is 6.66. The van der Waals surface area contributed by atoms with Gasteiger partial charge in [0.2, 0.25) is 0 Å². The number of furan rings is 1. The number of nitrogens with one attached hydrogen (secondary N) is 1. The van der Waals surface area contributed by atoms with Crippen LogP contribution in [0.1, 0.15) is 24.3 Å². The Morgan fingerprint density at radius 1 is 1.28 bits per heavy atom. The average Bonchev–Trinajstić information content (AvgIpc) is 2.90. The van der Waals surface area contributed by atoms with E-state index in [1.54, 1.807) is 6.26 Å². The third-order valence-electron chi connectivity index (χ3n) is 2.76. The molecular formula is C14H16BrNO2. The smallest absolute Gasteiger partial charge is 0.125 e. The van der Waals surface area contributed by atoms with E-state index in [0.717, 1.165) is 15.8 Å². The van der Waals surface area contributed by atoms with E-state index in [0.29, 0.717) is 0 Å². The van der Waals surface area contributed by atoms with Crippen molar-refractivity contribution in [3.63, 3.8) is 0 Å². The lowest BCUT2D eigenvalue weighted by atomic mass is 10.0. The van der Waals surface area contributed by atoms with E-state index >= 15 is 0 Å². The van der Waals surface area contributed by atoms with E-state index in [-0.39, 0.29) is 18.7 Å². The van der Waals surface area contributed by atoms with Crippen LogP contribution in [0.5, 0.6) is 0 Å². The lowest BCUT2D eigenvalue weighted by Crippen LogP contribution is -2.33. The zero-order valence-corrected chi connectivity index (χ0v) is 11.7. The summed E-state index contributed by atoms with van der Waals surface area (Å²) in [6.07, 6.45) is 1.66. The molecule has 0 spiro atoms. The molecule has 2 rings (SSSR count). The summed E-state index contributed by atoms with van der Waals surface area (Å²) < 4.78 is 6.51. The Morgan fingerprint density at radius 3 is 2.56 bits per heavy atom. The molecule has 1 aromatic carbocycles. The second-order valence-electron chi connectivity index (χ2n) is 4.25. The molecule has 0 radical (unpaired) electrons. The molecule has 0 fully saturated rings. The Hall–Kier alpha value is -1.10. The normalized spacial score (nSPS) is 14.4. The Balaban J connectivity index is 2.27. The van der Waals surface area contributed by atoms with Gasteiger partial charge in [0.05, 0.1) is 18.9 Å². The Labute approximate surface area is 115 Å². The van der Waals surface area contributed by atoms with Crippen LogP contribution < -0.4 is 5.32 Å². The Kier molecular flexibility index (Phi) is 4.58.